The van der Waals surface area contributed by atoms with Gasteiger partial charge in [-0.15, -0.1) is 0 Å². The lowest BCUT2D eigenvalue weighted by Gasteiger charge is -2.27. The molecule has 0 bridgehead atoms. The summed E-state index contributed by atoms with van der Waals surface area (Å²) < 4.78 is 0. The smallest absolute Gasteiger partial charge is 0.326 e. The summed E-state index contributed by atoms with van der Waals surface area (Å²) in [5, 5.41) is 27.0. The Morgan fingerprint density at radius 2 is 1.34 bits per heavy atom. The third-order valence-electron chi connectivity index (χ3n) is 6.12. The minimum absolute atomic E-state index is 0.0163. The number of hydrogen-bond acceptors (Lipinski definition) is 8. The molecule has 214 valence electrons. The van der Waals surface area contributed by atoms with Gasteiger partial charge in [0.1, 0.15) is 23.9 Å². The largest absolute Gasteiger partial charge is 0.508 e. The van der Waals surface area contributed by atoms with Gasteiger partial charge in [0.15, 0.2) is 0 Å². The number of rotatable bonds is 18. The van der Waals surface area contributed by atoms with E-state index in [1.54, 1.807) is 26.0 Å². The molecule has 11 N–H and O–H groups in total. The van der Waals surface area contributed by atoms with Crippen molar-refractivity contribution in [2.45, 2.75) is 83.0 Å². The summed E-state index contributed by atoms with van der Waals surface area (Å²) in [5.74, 6) is -3.20. The molecule has 12 nitrogen and oxygen atoms in total. The summed E-state index contributed by atoms with van der Waals surface area (Å²) in [5.41, 5.74) is 17.6. The molecule has 0 spiro atoms. The zero-order valence-electron chi connectivity index (χ0n) is 22.3. The Morgan fingerprint density at radius 1 is 0.789 bits per heavy atom. The molecule has 0 aliphatic rings. The summed E-state index contributed by atoms with van der Waals surface area (Å²) >= 11 is 0. The first kappa shape index (κ1) is 32.8. The fraction of sp³-hybridized carbons (Fsp3) is 0.615. The van der Waals surface area contributed by atoms with E-state index in [1.165, 1.54) is 12.1 Å². The minimum Gasteiger partial charge on any atom is -0.508 e. The lowest BCUT2D eigenvalue weighted by Crippen LogP contribution is -2.58. The van der Waals surface area contributed by atoms with Crippen molar-refractivity contribution in [2.75, 3.05) is 13.1 Å². The van der Waals surface area contributed by atoms with Crippen LogP contribution in [0.25, 0.3) is 0 Å². The molecule has 1 aromatic carbocycles. The van der Waals surface area contributed by atoms with Crippen LogP contribution in [0.4, 0.5) is 0 Å². The summed E-state index contributed by atoms with van der Waals surface area (Å²) in [7, 11) is 0. The van der Waals surface area contributed by atoms with Gasteiger partial charge in [-0.05, 0) is 68.8 Å². The van der Waals surface area contributed by atoms with Crippen LogP contribution in [-0.2, 0) is 25.6 Å². The minimum atomic E-state index is -1.26. The molecule has 0 aromatic heterocycles. The Kier molecular flexibility index (Phi) is 15.0. The van der Waals surface area contributed by atoms with Crippen molar-refractivity contribution < 1.29 is 29.4 Å². The molecule has 0 aliphatic carbocycles. The van der Waals surface area contributed by atoms with Crippen molar-refractivity contribution in [1.82, 2.24) is 16.0 Å². The summed E-state index contributed by atoms with van der Waals surface area (Å²) in [4.78, 5) is 50.7. The number of aliphatic carboxylic acids is 1. The molecule has 0 radical (unpaired) electrons. The lowest BCUT2D eigenvalue weighted by atomic mass is 10.0. The van der Waals surface area contributed by atoms with E-state index in [0.717, 1.165) is 6.42 Å². The van der Waals surface area contributed by atoms with Crippen LogP contribution < -0.4 is 33.2 Å². The molecule has 4 unspecified atom stereocenters. The predicted octanol–water partition coefficient (Wildman–Crippen LogP) is -0.285. The Balaban J connectivity index is 2.95. The van der Waals surface area contributed by atoms with Gasteiger partial charge in [0.25, 0.3) is 0 Å². The summed E-state index contributed by atoms with van der Waals surface area (Å²) in [6.45, 7) is 4.41. The maximum Gasteiger partial charge on any atom is 0.326 e. The number of amides is 3. The van der Waals surface area contributed by atoms with Gasteiger partial charge in [0.05, 0.1) is 6.04 Å². The first-order chi connectivity index (χ1) is 18.0. The van der Waals surface area contributed by atoms with Gasteiger partial charge >= 0.3 is 5.97 Å². The van der Waals surface area contributed by atoms with Crippen molar-refractivity contribution >= 4 is 23.7 Å². The maximum atomic E-state index is 13.2. The normalized spacial score (nSPS) is 14.3. The van der Waals surface area contributed by atoms with Crippen LogP contribution in [0.5, 0.6) is 5.75 Å². The second-order valence-corrected chi connectivity index (χ2v) is 9.74. The van der Waals surface area contributed by atoms with E-state index in [2.05, 4.69) is 16.0 Å². The summed E-state index contributed by atoms with van der Waals surface area (Å²) in [6.07, 6.45) is 3.19. The van der Waals surface area contributed by atoms with Gasteiger partial charge in [-0.25, -0.2) is 4.79 Å². The topological polar surface area (TPSA) is 223 Å². The van der Waals surface area contributed by atoms with Crippen LogP contribution in [0.3, 0.4) is 0 Å². The van der Waals surface area contributed by atoms with Gasteiger partial charge in [-0.3, -0.25) is 14.4 Å². The second-order valence-electron chi connectivity index (χ2n) is 9.74. The van der Waals surface area contributed by atoms with E-state index in [4.69, 9.17) is 17.2 Å². The second kappa shape index (κ2) is 17.3. The molecular formula is C26H44N6O6. The van der Waals surface area contributed by atoms with Crippen LogP contribution in [0.1, 0.15) is 57.9 Å². The number of carbonyl (C=O) groups excluding carboxylic acids is 3. The van der Waals surface area contributed by atoms with E-state index < -0.39 is 47.9 Å². The van der Waals surface area contributed by atoms with Gasteiger partial charge in [0.2, 0.25) is 17.7 Å². The van der Waals surface area contributed by atoms with Crippen molar-refractivity contribution in [1.29, 1.82) is 0 Å². The number of carbonyl (C=O) groups is 4. The number of aromatic hydroxyl groups is 1. The van der Waals surface area contributed by atoms with Gasteiger partial charge < -0.3 is 43.4 Å². The number of benzene rings is 1. The number of carboxylic acids is 1. The third-order valence-corrected chi connectivity index (χ3v) is 6.12. The monoisotopic (exact) mass is 536 g/mol. The van der Waals surface area contributed by atoms with Crippen molar-refractivity contribution in [3.05, 3.63) is 29.8 Å². The van der Waals surface area contributed by atoms with Crippen molar-refractivity contribution in [3.8, 4) is 5.75 Å². The molecule has 0 fully saturated rings. The number of carboxylic acid groups (broad SMARTS) is 1. The Morgan fingerprint density at radius 3 is 1.87 bits per heavy atom. The highest BCUT2D eigenvalue weighted by molar-refractivity contribution is 5.94. The average Bonchev–Trinajstić information content (AvgIpc) is 2.87. The van der Waals surface area contributed by atoms with Crippen LogP contribution >= 0.6 is 0 Å². The fourth-order valence-electron chi connectivity index (χ4n) is 3.80. The molecular weight excluding hydrogens is 492 g/mol. The highest BCUT2D eigenvalue weighted by atomic mass is 16.4. The van der Waals surface area contributed by atoms with Crippen molar-refractivity contribution in [3.63, 3.8) is 0 Å². The molecule has 1 aromatic rings. The zero-order chi connectivity index (χ0) is 28.7. The standard InChI is InChI=1S/C26H44N6O6/c1-16(2)22(32-23(34)19(29)7-3-5-13-27)25(36)30-20(8-4-6-14-28)24(35)31-21(26(37)38)15-17-9-11-18(33)12-10-17/h9-12,16,19-22,33H,3-8,13-15,27-29H2,1-2H3,(H,30,36)(H,31,35)(H,32,34)(H,37,38). The lowest BCUT2D eigenvalue weighted by molar-refractivity contribution is -0.142. The highest BCUT2D eigenvalue weighted by Gasteiger charge is 2.31. The number of nitrogens with one attached hydrogen (secondary N) is 3. The molecule has 1 rings (SSSR count). The number of unbranched alkanes of at least 4 members (excludes halogenated alkanes) is 2. The molecule has 0 saturated heterocycles. The van der Waals surface area contributed by atoms with Gasteiger partial charge in [-0.1, -0.05) is 32.4 Å². The quantitative estimate of drug-likeness (QED) is 0.115. The van der Waals surface area contributed by atoms with Crippen LogP contribution in [0.15, 0.2) is 24.3 Å². The molecule has 12 heteroatoms. The van der Waals surface area contributed by atoms with Gasteiger partial charge in [-0.2, -0.15) is 0 Å². The molecule has 3 amide bonds. The van der Waals surface area contributed by atoms with E-state index in [1.807, 2.05) is 0 Å². The van der Waals surface area contributed by atoms with Crippen LogP contribution in [-0.4, -0.2) is 71.2 Å². The number of nitrogens with two attached hydrogens (primary N) is 3. The number of phenolic OH excluding ortho intramolecular Hbond substituents is 1. The maximum absolute atomic E-state index is 13.2. The third kappa shape index (κ3) is 11.9. The highest BCUT2D eigenvalue weighted by Crippen LogP contribution is 2.12. The first-order valence-electron chi connectivity index (χ1n) is 13.1. The number of hydrogen-bond donors (Lipinski definition) is 8. The van der Waals surface area contributed by atoms with E-state index >= 15 is 0 Å². The Hall–Kier alpha value is -3.22. The van der Waals surface area contributed by atoms with E-state index in [0.29, 0.717) is 44.3 Å². The fourth-order valence-corrected chi connectivity index (χ4v) is 3.80. The Labute approximate surface area is 224 Å². The first-order valence-corrected chi connectivity index (χ1v) is 13.1. The molecule has 0 aliphatic heterocycles. The molecule has 4 atom stereocenters. The molecule has 0 heterocycles. The van der Waals surface area contributed by atoms with E-state index in [9.17, 15) is 29.4 Å². The summed E-state index contributed by atoms with van der Waals surface area (Å²) in [6, 6.07) is 1.95. The van der Waals surface area contributed by atoms with Crippen LogP contribution in [0.2, 0.25) is 0 Å². The Bertz CT molecular complexity index is 895. The number of phenols is 1. The predicted molar refractivity (Wildman–Crippen MR) is 144 cm³/mol. The molecule has 38 heavy (non-hydrogen) atoms. The SMILES string of the molecule is CC(C)C(NC(=O)C(N)CCCCN)C(=O)NC(CCCCN)C(=O)NC(Cc1ccc(O)cc1)C(=O)O. The molecule has 0 saturated carbocycles. The van der Waals surface area contributed by atoms with Gasteiger partial charge in [0, 0.05) is 6.42 Å². The van der Waals surface area contributed by atoms with Crippen LogP contribution in [0, 0.1) is 5.92 Å². The average molecular weight is 537 g/mol. The van der Waals surface area contributed by atoms with E-state index in [-0.39, 0.29) is 24.5 Å². The zero-order valence-corrected chi connectivity index (χ0v) is 22.3. The van der Waals surface area contributed by atoms with Crippen molar-refractivity contribution in [2.24, 2.45) is 23.1 Å².